The summed E-state index contributed by atoms with van der Waals surface area (Å²) >= 11 is 0. The zero-order valence-corrected chi connectivity index (χ0v) is 57.3. The molecule has 0 aliphatic carbocycles. The SMILES string of the molecule is [2H]C([2H])([2H])c1ccc(-c2c(C)ccc3c2oc2nc(C([2H])(C)C)ccc23)[n+](C)c1.[2H]C([2H])([2H])c1ccc(-c2c(C)ccc3c2oc2nc(C)ccc23)[n+](C)c1.[2H]C([2H])([2H])c1ccc(-c2c(C)ccc3c2oc2nc(CC([2H])(C)C([2H])([2H])[2H])ccc23)[n+](C)c1.[2H]C([2H])([2H])c1ccc(-c2c(C)ccc3c2oc2nc(CC)ccc23)[n+](C)c1. The molecule has 12 aromatic heterocycles. The summed E-state index contributed by atoms with van der Waals surface area (Å²) in [6.07, 6.45) is 7.38. The van der Waals surface area contributed by atoms with Gasteiger partial charge in [0.15, 0.2) is 47.1 Å². The van der Waals surface area contributed by atoms with Gasteiger partial charge in [0.2, 0.25) is 45.6 Å². The van der Waals surface area contributed by atoms with Crippen molar-refractivity contribution in [2.24, 2.45) is 34.1 Å². The van der Waals surface area contributed by atoms with Gasteiger partial charge in [-0.05, 0) is 182 Å². The summed E-state index contributed by atoms with van der Waals surface area (Å²) in [6.45, 7) is 5.97. The predicted octanol–water partition coefficient (Wildman–Crippen LogP) is 19.6. The fourth-order valence-electron chi connectivity index (χ4n) is 13.0. The molecule has 16 rings (SSSR count). The number of aryl methyl sites for hydroxylation is 14. The fourth-order valence-corrected chi connectivity index (χ4v) is 13.0. The lowest BCUT2D eigenvalue weighted by molar-refractivity contribution is -0.660. The molecule has 0 saturated heterocycles. The van der Waals surface area contributed by atoms with Gasteiger partial charge in [0.1, 0.15) is 28.2 Å². The average molecular weight is 1310 g/mol. The van der Waals surface area contributed by atoms with Crippen molar-refractivity contribution in [2.75, 3.05) is 0 Å². The Bertz CT molecular complexity index is 6510. The van der Waals surface area contributed by atoms with E-state index < -0.39 is 46.0 Å². The molecular formula is C86H88N8O4+4. The smallest absolute Gasteiger partial charge is 0.227 e. The van der Waals surface area contributed by atoms with Gasteiger partial charge in [-0.25, -0.2) is 38.2 Å². The maximum absolute atomic E-state index is 8.24. The number of hydrogen-bond donors (Lipinski definition) is 0. The Morgan fingerprint density at radius 3 is 1.02 bits per heavy atom. The van der Waals surface area contributed by atoms with Crippen molar-refractivity contribution in [1.82, 2.24) is 19.9 Å². The average Bonchev–Trinajstić information content (AvgIpc) is 1.62. The Balaban J connectivity index is 0.000000134. The van der Waals surface area contributed by atoms with Crippen LogP contribution in [0, 0.1) is 67.9 Å². The minimum atomic E-state index is -2.43. The lowest BCUT2D eigenvalue weighted by Gasteiger charge is -2.05. The summed E-state index contributed by atoms with van der Waals surface area (Å²) in [5, 5.41) is 7.48. The minimum Gasteiger partial charge on any atom is -0.437 e. The number of pyridine rings is 8. The summed E-state index contributed by atoms with van der Waals surface area (Å²) in [5.74, 6) is -2.48. The van der Waals surface area contributed by atoms with Crippen LogP contribution in [0.2, 0.25) is 0 Å². The van der Waals surface area contributed by atoms with Crippen molar-refractivity contribution in [2.45, 2.75) is 115 Å². The molecule has 1 unspecified atom stereocenters. The maximum Gasteiger partial charge on any atom is 0.227 e. The number of fused-ring (bicyclic) bond motifs is 12. The van der Waals surface area contributed by atoms with Crippen LogP contribution in [0.5, 0.6) is 0 Å². The number of nitrogens with zero attached hydrogens (tertiary/aromatic N) is 8. The van der Waals surface area contributed by atoms with Crippen molar-refractivity contribution >= 4 is 88.3 Å². The van der Waals surface area contributed by atoms with E-state index in [1.807, 2.05) is 154 Å². The van der Waals surface area contributed by atoms with Gasteiger partial charge in [-0.1, -0.05) is 83.1 Å². The Hall–Kier alpha value is -10.7. The first-order valence-electron chi connectivity index (χ1n) is 41.0. The third-order valence-corrected chi connectivity index (χ3v) is 18.0. The maximum atomic E-state index is 8.24. The summed E-state index contributed by atoms with van der Waals surface area (Å²) in [7, 11) is 7.35. The monoisotopic (exact) mass is 1310 g/mol. The molecule has 0 N–H and O–H groups in total. The van der Waals surface area contributed by atoms with Gasteiger partial charge < -0.3 is 17.7 Å². The normalized spacial score (nSPS) is 15.5. The highest BCUT2D eigenvalue weighted by Gasteiger charge is 2.26. The van der Waals surface area contributed by atoms with Crippen LogP contribution in [0.15, 0.2) is 188 Å². The molecule has 4 aromatic carbocycles. The molecule has 0 saturated carbocycles. The Morgan fingerprint density at radius 1 is 0.367 bits per heavy atom. The van der Waals surface area contributed by atoms with Crippen molar-refractivity contribution in [3.63, 3.8) is 0 Å². The van der Waals surface area contributed by atoms with E-state index in [1.54, 1.807) is 86.6 Å². The van der Waals surface area contributed by atoms with Gasteiger partial charge in [0, 0.05) is 136 Å². The zero-order valence-electron chi connectivity index (χ0n) is 74.3. The highest BCUT2D eigenvalue weighted by atomic mass is 16.4. The summed E-state index contributed by atoms with van der Waals surface area (Å²) in [4.78, 5) is 18.2. The summed E-state index contributed by atoms with van der Waals surface area (Å²) < 4.78 is 163. The summed E-state index contributed by atoms with van der Waals surface area (Å²) in [6, 6.07) is 45.6. The molecular weight excluding hydrogens is 1210 g/mol. The van der Waals surface area contributed by atoms with Gasteiger partial charge in [-0.2, -0.15) is 0 Å². The van der Waals surface area contributed by atoms with Crippen molar-refractivity contribution in [3.05, 3.63) is 238 Å². The predicted molar refractivity (Wildman–Crippen MR) is 397 cm³/mol. The van der Waals surface area contributed by atoms with Crippen LogP contribution < -0.4 is 18.3 Å². The van der Waals surface area contributed by atoms with Gasteiger partial charge in [-0.3, -0.25) is 0 Å². The van der Waals surface area contributed by atoms with Crippen LogP contribution in [0.1, 0.15) is 131 Å². The van der Waals surface area contributed by atoms with Gasteiger partial charge in [0.25, 0.3) is 0 Å². The number of rotatable bonds is 8. The van der Waals surface area contributed by atoms with Gasteiger partial charge in [0.05, 0.1) is 22.3 Å². The van der Waals surface area contributed by atoms with Crippen molar-refractivity contribution in [3.8, 4) is 45.0 Å². The van der Waals surface area contributed by atoms with Crippen LogP contribution in [0.4, 0.5) is 0 Å². The van der Waals surface area contributed by atoms with E-state index in [-0.39, 0.29) is 12.0 Å². The molecule has 16 aromatic rings. The molecule has 492 valence electrons. The molecule has 0 aliphatic rings. The second-order valence-electron chi connectivity index (χ2n) is 25.6. The zero-order chi connectivity index (χ0) is 83.5. The van der Waals surface area contributed by atoms with Crippen LogP contribution >= 0.6 is 0 Å². The van der Waals surface area contributed by atoms with Gasteiger partial charge in [-0.15, -0.1) is 0 Å². The van der Waals surface area contributed by atoms with Crippen LogP contribution in [-0.4, -0.2) is 19.9 Å². The molecule has 1 atom stereocenters. The van der Waals surface area contributed by atoms with Crippen LogP contribution in [0.25, 0.3) is 133 Å². The minimum absolute atomic E-state index is 0.0338. The molecule has 12 nitrogen and oxygen atoms in total. The number of hydrogen-bond acceptors (Lipinski definition) is 8. The Kier molecular flexibility index (Phi) is 13.1. The van der Waals surface area contributed by atoms with Gasteiger partial charge >= 0.3 is 0 Å². The Labute approximate surface area is 597 Å². The van der Waals surface area contributed by atoms with E-state index in [1.165, 1.54) is 6.92 Å². The highest BCUT2D eigenvalue weighted by molar-refractivity contribution is 6.12. The lowest BCUT2D eigenvalue weighted by Crippen LogP contribution is -2.31. The van der Waals surface area contributed by atoms with E-state index in [2.05, 4.69) is 51.1 Å². The number of aromatic nitrogens is 8. The first-order chi connectivity index (χ1) is 53.7. The largest absolute Gasteiger partial charge is 0.437 e. The van der Waals surface area contributed by atoms with E-state index >= 15 is 0 Å². The number of furan rings is 4. The van der Waals surface area contributed by atoms with E-state index in [4.69, 9.17) is 41.0 Å². The molecule has 12 heteroatoms. The van der Waals surface area contributed by atoms with Crippen LogP contribution in [-0.2, 0) is 41.0 Å². The molecule has 0 amide bonds. The standard InChI is InChI=1S/C23H25N2O.C22H23N2O.C21H21N2O.C20H19N2O/c1-14(2)12-17-8-10-19-18-9-7-16(4)21(22(18)26-23(19)24-17)20-11-6-15(3)13-25(20)5;1-13(2)18-10-9-17-16-8-7-15(4)20(21(16)25-22(17)23-18)19-11-6-14(3)12-24(19)5;1-5-15-8-10-17-16-9-7-14(3)19(20(16)24-21(17)22-15)18-11-6-13(2)12-23(18)4;1-12-5-10-17(22(4)11-12)18-13(2)6-8-15-16-9-7-14(3)21-20(16)23-19(15)18/h6-11,13-14H,12H2,1-5H3;6-13H,1-5H3;6-12H,5H2,1-4H3;5-11H,1-4H3/q4*+1/i1D3,3D3,14D;3D3,13D;2D3;1D3. The first kappa shape index (κ1) is 48.1. The molecule has 0 spiro atoms. The fraction of sp³-hybridized carbons (Fsp3) is 0.256. The van der Waals surface area contributed by atoms with E-state index in [9.17, 15) is 0 Å². The highest BCUT2D eigenvalue weighted by Crippen LogP contribution is 2.41. The lowest BCUT2D eigenvalue weighted by atomic mass is 10.0. The molecule has 0 fully saturated rings. The second kappa shape index (κ2) is 26.7. The number of benzene rings is 4. The Morgan fingerprint density at radius 2 is 0.684 bits per heavy atom. The topological polar surface area (TPSA) is 120 Å². The first-order valence-corrected chi connectivity index (χ1v) is 32.5. The third kappa shape index (κ3) is 12.6. The molecule has 12 heterocycles. The van der Waals surface area contributed by atoms with Crippen molar-refractivity contribution in [1.29, 1.82) is 0 Å². The van der Waals surface area contributed by atoms with Crippen molar-refractivity contribution < 1.29 is 59.2 Å². The van der Waals surface area contributed by atoms with E-state index in [0.29, 0.717) is 62.1 Å². The molecule has 98 heavy (non-hydrogen) atoms. The molecule has 0 radical (unpaired) electrons. The second-order valence-corrected chi connectivity index (χ2v) is 25.6. The molecule has 0 bridgehead atoms. The quantitative estimate of drug-likeness (QED) is 0.138. The van der Waals surface area contributed by atoms with E-state index in [0.717, 1.165) is 139 Å². The molecule has 0 aliphatic heterocycles. The summed E-state index contributed by atoms with van der Waals surface area (Å²) in [5.41, 5.74) is 20.4. The van der Waals surface area contributed by atoms with Crippen LogP contribution in [0.3, 0.4) is 0 Å². The third-order valence-electron chi connectivity index (χ3n) is 18.0.